The second-order valence-electron chi connectivity index (χ2n) is 4.71. The fraction of sp³-hybridized carbons (Fsp3) is 0.250. The van der Waals surface area contributed by atoms with E-state index in [9.17, 15) is 5.11 Å². The topological polar surface area (TPSA) is 40.5 Å². The Kier molecular flexibility index (Phi) is 4.46. The van der Waals surface area contributed by atoms with Crippen LogP contribution in [0.3, 0.4) is 0 Å². The standard InChI is InChI=1S/C16H17ClO2/c1-11-2-4-12(5-3-11)8-14-15(17)9-13(6-7-18)10-16(14)19/h2-5,9-10,18-19H,6-8H2,1H3. The molecule has 0 saturated heterocycles. The van der Waals surface area contributed by atoms with E-state index >= 15 is 0 Å². The zero-order chi connectivity index (χ0) is 13.8. The summed E-state index contributed by atoms with van der Waals surface area (Å²) in [5, 5.41) is 19.5. The average molecular weight is 277 g/mol. The van der Waals surface area contributed by atoms with Crippen LogP contribution in [0.2, 0.25) is 5.02 Å². The Morgan fingerprint density at radius 3 is 2.32 bits per heavy atom. The van der Waals surface area contributed by atoms with E-state index in [0.717, 1.165) is 16.7 Å². The minimum absolute atomic E-state index is 0.0487. The monoisotopic (exact) mass is 276 g/mol. The number of aromatic hydroxyl groups is 1. The Morgan fingerprint density at radius 1 is 1.05 bits per heavy atom. The van der Waals surface area contributed by atoms with E-state index in [1.165, 1.54) is 5.56 Å². The van der Waals surface area contributed by atoms with Crippen molar-refractivity contribution in [2.24, 2.45) is 0 Å². The summed E-state index contributed by atoms with van der Waals surface area (Å²) in [4.78, 5) is 0. The van der Waals surface area contributed by atoms with E-state index < -0.39 is 0 Å². The van der Waals surface area contributed by atoms with E-state index in [1.54, 1.807) is 12.1 Å². The van der Waals surface area contributed by atoms with Gasteiger partial charge in [-0.05, 0) is 36.6 Å². The molecule has 0 radical (unpaired) electrons. The van der Waals surface area contributed by atoms with Gasteiger partial charge in [-0.2, -0.15) is 0 Å². The number of hydrogen-bond donors (Lipinski definition) is 2. The summed E-state index contributed by atoms with van der Waals surface area (Å²) in [6.07, 6.45) is 1.10. The van der Waals surface area contributed by atoms with Crippen molar-refractivity contribution in [3.63, 3.8) is 0 Å². The lowest BCUT2D eigenvalue weighted by atomic mass is 10.0. The van der Waals surface area contributed by atoms with Gasteiger partial charge in [0.1, 0.15) is 5.75 Å². The third-order valence-corrected chi connectivity index (χ3v) is 3.47. The lowest BCUT2D eigenvalue weighted by molar-refractivity contribution is 0.299. The van der Waals surface area contributed by atoms with Crippen LogP contribution >= 0.6 is 11.6 Å². The molecule has 3 heteroatoms. The van der Waals surface area contributed by atoms with Gasteiger partial charge in [0.05, 0.1) is 0 Å². The maximum absolute atomic E-state index is 10.0. The first-order valence-corrected chi connectivity index (χ1v) is 6.64. The van der Waals surface area contributed by atoms with Gasteiger partial charge in [-0.3, -0.25) is 0 Å². The summed E-state index contributed by atoms with van der Waals surface area (Å²) in [5.74, 6) is 0.191. The van der Waals surface area contributed by atoms with Crippen molar-refractivity contribution in [2.45, 2.75) is 19.8 Å². The van der Waals surface area contributed by atoms with E-state index in [2.05, 4.69) is 0 Å². The lowest BCUT2D eigenvalue weighted by Crippen LogP contribution is -1.95. The smallest absolute Gasteiger partial charge is 0.120 e. The minimum atomic E-state index is 0.0487. The van der Waals surface area contributed by atoms with Crippen molar-refractivity contribution < 1.29 is 10.2 Å². The number of rotatable bonds is 4. The Labute approximate surface area is 118 Å². The highest BCUT2D eigenvalue weighted by molar-refractivity contribution is 6.31. The molecule has 0 heterocycles. The van der Waals surface area contributed by atoms with Crippen molar-refractivity contribution in [3.8, 4) is 5.75 Å². The van der Waals surface area contributed by atoms with Crippen LogP contribution in [-0.4, -0.2) is 16.8 Å². The van der Waals surface area contributed by atoms with Gasteiger partial charge in [-0.25, -0.2) is 0 Å². The van der Waals surface area contributed by atoms with Gasteiger partial charge in [-0.15, -0.1) is 0 Å². The molecule has 19 heavy (non-hydrogen) atoms. The summed E-state index contributed by atoms with van der Waals surface area (Å²) in [6, 6.07) is 11.6. The fourth-order valence-corrected chi connectivity index (χ4v) is 2.34. The van der Waals surface area contributed by atoms with Gasteiger partial charge in [0, 0.05) is 23.6 Å². The van der Waals surface area contributed by atoms with E-state index in [-0.39, 0.29) is 12.4 Å². The molecular weight excluding hydrogens is 260 g/mol. The van der Waals surface area contributed by atoms with Crippen molar-refractivity contribution in [2.75, 3.05) is 6.61 Å². The minimum Gasteiger partial charge on any atom is -0.508 e. The van der Waals surface area contributed by atoms with E-state index in [1.807, 2.05) is 31.2 Å². The molecule has 0 spiro atoms. The molecule has 0 aliphatic carbocycles. The van der Waals surface area contributed by atoms with Gasteiger partial charge in [0.15, 0.2) is 0 Å². The molecule has 2 rings (SSSR count). The molecule has 2 aromatic rings. The van der Waals surface area contributed by atoms with E-state index in [4.69, 9.17) is 16.7 Å². The molecule has 0 saturated carbocycles. The second-order valence-corrected chi connectivity index (χ2v) is 5.12. The van der Waals surface area contributed by atoms with Crippen LogP contribution in [0, 0.1) is 6.92 Å². The lowest BCUT2D eigenvalue weighted by Gasteiger charge is -2.10. The molecule has 100 valence electrons. The molecule has 0 fully saturated rings. The van der Waals surface area contributed by atoms with Crippen LogP contribution in [0.25, 0.3) is 0 Å². The number of benzene rings is 2. The Morgan fingerprint density at radius 2 is 1.74 bits per heavy atom. The summed E-state index contributed by atoms with van der Waals surface area (Å²) in [7, 11) is 0. The molecule has 2 N–H and O–H groups in total. The SMILES string of the molecule is Cc1ccc(Cc2c(O)cc(CCO)cc2Cl)cc1. The first-order valence-electron chi connectivity index (χ1n) is 6.27. The van der Waals surface area contributed by atoms with Crippen LogP contribution in [0.1, 0.15) is 22.3 Å². The highest BCUT2D eigenvalue weighted by Crippen LogP contribution is 2.30. The van der Waals surface area contributed by atoms with Crippen molar-refractivity contribution in [1.82, 2.24) is 0 Å². The van der Waals surface area contributed by atoms with Gasteiger partial charge in [-0.1, -0.05) is 41.4 Å². The Bertz CT molecular complexity index is 538. The van der Waals surface area contributed by atoms with Crippen LogP contribution in [0.4, 0.5) is 0 Å². The first-order chi connectivity index (χ1) is 9.10. The molecule has 2 aromatic carbocycles. The largest absolute Gasteiger partial charge is 0.508 e. The fourth-order valence-electron chi connectivity index (χ4n) is 2.04. The molecule has 0 amide bonds. The number of phenols is 1. The molecule has 0 aromatic heterocycles. The molecule has 0 unspecified atom stereocenters. The Hall–Kier alpha value is -1.51. The third kappa shape index (κ3) is 3.49. The van der Waals surface area contributed by atoms with Crippen LogP contribution in [-0.2, 0) is 12.8 Å². The molecule has 2 nitrogen and oxygen atoms in total. The number of hydrogen-bond acceptors (Lipinski definition) is 2. The molecule has 0 bridgehead atoms. The molecular formula is C16H17ClO2. The quantitative estimate of drug-likeness (QED) is 0.898. The summed E-state index contributed by atoms with van der Waals surface area (Å²) in [6.45, 7) is 2.09. The highest BCUT2D eigenvalue weighted by atomic mass is 35.5. The predicted octanol–water partition coefficient (Wildman–Crippen LogP) is 3.48. The van der Waals surface area contributed by atoms with Crippen LogP contribution in [0.15, 0.2) is 36.4 Å². The summed E-state index contributed by atoms with van der Waals surface area (Å²) >= 11 is 6.21. The maximum Gasteiger partial charge on any atom is 0.120 e. The van der Waals surface area contributed by atoms with Gasteiger partial charge >= 0.3 is 0 Å². The predicted molar refractivity (Wildman–Crippen MR) is 77.9 cm³/mol. The number of phenolic OH excluding ortho intramolecular Hbond substituents is 1. The van der Waals surface area contributed by atoms with Gasteiger partial charge < -0.3 is 10.2 Å². The van der Waals surface area contributed by atoms with Crippen LogP contribution in [0.5, 0.6) is 5.75 Å². The van der Waals surface area contributed by atoms with Crippen molar-refractivity contribution >= 4 is 11.6 Å². The van der Waals surface area contributed by atoms with E-state index in [0.29, 0.717) is 17.9 Å². The highest BCUT2D eigenvalue weighted by Gasteiger charge is 2.09. The van der Waals surface area contributed by atoms with Gasteiger partial charge in [0.25, 0.3) is 0 Å². The number of aliphatic hydroxyl groups excluding tert-OH is 1. The average Bonchev–Trinajstić information content (AvgIpc) is 2.36. The number of aliphatic hydroxyl groups is 1. The molecule has 0 atom stereocenters. The number of halogens is 1. The molecule has 0 aliphatic heterocycles. The third-order valence-electron chi connectivity index (χ3n) is 3.13. The Balaban J connectivity index is 2.27. The van der Waals surface area contributed by atoms with Crippen molar-refractivity contribution in [1.29, 1.82) is 0 Å². The normalized spacial score (nSPS) is 10.7. The number of aryl methyl sites for hydroxylation is 1. The van der Waals surface area contributed by atoms with Crippen molar-refractivity contribution in [3.05, 3.63) is 63.7 Å². The zero-order valence-electron chi connectivity index (χ0n) is 10.9. The van der Waals surface area contributed by atoms with Crippen LogP contribution < -0.4 is 0 Å². The molecule has 0 aliphatic rings. The summed E-state index contributed by atoms with van der Waals surface area (Å²) < 4.78 is 0. The zero-order valence-corrected chi connectivity index (χ0v) is 11.6. The second kappa shape index (κ2) is 6.09. The van der Waals surface area contributed by atoms with Gasteiger partial charge in [0.2, 0.25) is 0 Å². The summed E-state index contributed by atoms with van der Waals surface area (Å²) in [5.41, 5.74) is 3.89. The first kappa shape index (κ1) is 13.9. The maximum atomic E-state index is 10.0.